The Morgan fingerprint density at radius 1 is 1.04 bits per heavy atom. The Labute approximate surface area is 154 Å². The molecule has 4 heterocycles. The van der Waals surface area contributed by atoms with E-state index in [9.17, 15) is 0 Å². The third-order valence-corrected chi connectivity index (χ3v) is 5.76. The minimum Gasteiger partial charge on any atom is -0.378 e. The van der Waals surface area contributed by atoms with Crippen LogP contribution in [0, 0.1) is 0 Å². The molecule has 0 saturated carbocycles. The number of rotatable bonds is 2. The zero-order valence-electron chi connectivity index (χ0n) is 15.3. The number of hydrogen-bond acceptors (Lipinski definition) is 3. The molecule has 1 aromatic carbocycles. The molecule has 3 aromatic rings. The first-order valence-corrected chi connectivity index (χ1v) is 9.48. The van der Waals surface area contributed by atoms with Crippen LogP contribution in [0.2, 0.25) is 0 Å². The monoisotopic (exact) mass is 347 g/mol. The number of fused-ring (bicyclic) bond motifs is 2. The molecule has 2 aliphatic rings. The smallest absolute Gasteiger partial charge is 0.0642 e. The first-order chi connectivity index (χ1) is 12.8. The fourth-order valence-corrected chi connectivity index (χ4v) is 4.39. The third kappa shape index (κ3) is 2.79. The molecule has 0 N–H and O–H groups in total. The van der Waals surface area contributed by atoms with Crippen LogP contribution in [0.1, 0.15) is 22.6 Å². The molecule has 1 fully saturated rings. The molecule has 0 spiro atoms. The van der Waals surface area contributed by atoms with Crippen molar-refractivity contribution in [2.45, 2.75) is 12.5 Å². The summed E-state index contributed by atoms with van der Waals surface area (Å²) in [6.45, 7) is 5.73. The number of benzene rings is 1. The Bertz CT molecular complexity index is 926. The zero-order valence-corrected chi connectivity index (χ0v) is 15.3. The van der Waals surface area contributed by atoms with Gasteiger partial charge in [0.1, 0.15) is 0 Å². The first-order valence-electron chi connectivity index (χ1n) is 9.48. The second-order valence-electron chi connectivity index (χ2n) is 7.53. The van der Waals surface area contributed by atoms with E-state index in [4.69, 9.17) is 4.74 Å². The van der Waals surface area contributed by atoms with Crippen LogP contribution in [0.25, 0.3) is 5.52 Å². The van der Waals surface area contributed by atoms with E-state index in [0.29, 0.717) is 5.92 Å². The van der Waals surface area contributed by atoms with Crippen molar-refractivity contribution in [1.29, 1.82) is 0 Å². The van der Waals surface area contributed by atoms with Gasteiger partial charge in [-0.2, -0.15) is 0 Å². The van der Waals surface area contributed by atoms with Crippen molar-refractivity contribution in [3.05, 3.63) is 71.5 Å². The molecule has 4 nitrogen and oxygen atoms in total. The van der Waals surface area contributed by atoms with Gasteiger partial charge in [-0.3, -0.25) is 0 Å². The Morgan fingerprint density at radius 2 is 1.92 bits per heavy atom. The standard InChI is InChI=1S/C22H25N3O/c1-23-14-18-13-20(24-9-11-26-12-10-24)6-7-21(18)22(16-23)17-4-5-19-3-2-8-25(19)15-17/h2-8,13,15,22H,9-12,14,16H2,1H3. The summed E-state index contributed by atoms with van der Waals surface area (Å²) in [4.78, 5) is 4.88. The SMILES string of the molecule is CN1Cc2cc(N3CCOCC3)ccc2C(c2ccc3cccn3c2)C1. The summed E-state index contributed by atoms with van der Waals surface area (Å²) in [5, 5.41) is 0. The van der Waals surface area contributed by atoms with Gasteiger partial charge in [0.2, 0.25) is 0 Å². The summed E-state index contributed by atoms with van der Waals surface area (Å²) in [5.41, 5.74) is 6.91. The maximum atomic E-state index is 5.50. The lowest BCUT2D eigenvalue weighted by atomic mass is 9.85. The van der Waals surface area contributed by atoms with Crippen LogP contribution in [0.5, 0.6) is 0 Å². The van der Waals surface area contributed by atoms with Crippen molar-refractivity contribution in [2.75, 3.05) is 44.8 Å². The molecule has 0 radical (unpaired) electrons. The van der Waals surface area contributed by atoms with Gasteiger partial charge in [-0.15, -0.1) is 0 Å². The van der Waals surface area contributed by atoms with Crippen molar-refractivity contribution in [2.24, 2.45) is 0 Å². The molecular weight excluding hydrogens is 322 g/mol. The van der Waals surface area contributed by atoms with Gasteiger partial charge in [0.05, 0.1) is 13.2 Å². The fraction of sp³-hybridized carbons (Fsp3) is 0.364. The summed E-state index contributed by atoms with van der Waals surface area (Å²) >= 11 is 0. The summed E-state index contributed by atoms with van der Waals surface area (Å²) in [6.07, 6.45) is 4.42. The quantitative estimate of drug-likeness (QED) is 0.709. The Hall–Kier alpha value is -2.30. The Morgan fingerprint density at radius 3 is 2.81 bits per heavy atom. The fourth-order valence-electron chi connectivity index (χ4n) is 4.39. The Balaban J connectivity index is 1.52. The summed E-state index contributed by atoms with van der Waals surface area (Å²) in [5.74, 6) is 0.425. The van der Waals surface area contributed by atoms with Crippen molar-refractivity contribution < 1.29 is 4.74 Å². The molecule has 1 atom stereocenters. The lowest BCUT2D eigenvalue weighted by Crippen LogP contribution is -2.37. The average Bonchev–Trinajstić information content (AvgIpc) is 3.15. The van der Waals surface area contributed by atoms with Crippen molar-refractivity contribution in [3.8, 4) is 0 Å². The molecule has 1 unspecified atom stereocenters. The molecule has 2 aliphatic heterocycles. The second-order valence-corrected chi connectivity index (χ2v) is 7.53. The number of nitrogens with zero attached hydrogens (tertiary/aromatic N) is 3. The van der Waals surface area contributed by atoms with Crippen LogP contribution < -0.4 is 4.90 Å². The second kappa shape index (κ2) is 6.45. The average molecular weight is 347 g/mol. The van der Waals surface area contributed by atoms with E-state index in [0.717, 1.165) is 39.4 Å². The lowest BCUT2D eigenvalue weighted by Gasteiger charge is -2.35. The third-order valence-electron chi connectivity index (χ3n) is 5.76. The first kappa shape index (κ1) is 15.9. The Kier molecular flexibility index (Phi) is 3.95. The van der Waals surface area contributed by atoms with Gasteiger partial charge in [0.15, 0.2) is 0 Å². The van der Waals surface area contributed by atoms with Gasteiger partial charge < -0.3 is 18.9 Å². The number of likely N-dealkylation sites (N-methyl/N-ethyl adjacent to an activating group) is 1. The zero-order chi connectivity index (χ0) is 17.5. The number of morpholine rings is 1. The predicted molar refractivity (Wildman–Crippen MR) is 105 cm³/mol. The van der Waals surface area contributed by atoms with Gasteiger partial charge >= 0.3 is 0 Å². The summed E-state index contributed by atoms with van der Waals surface area (Å²) in [6, 6.07) is 15.8. The summed E-state index contributed by atoms with van der Waals surface area (Å²) in [7, 11) is 2.23. The molecule has 1 saturated heterocycles. The number of hydrogen-bond donors (Lipinski definition) is 0. The van der Waals surface area contributed by atoms with Crippen LogP contribution in [0.15, 0.2) is 54.9 Å². The van der Waals surface area contributed by atoms with E-state index < -0.39 is 0 Å². The molecule has 0 aliphatic carbocycles. The highest BCUT2D eigenvalue weighted by atomic mass is 16.5. The normalized spacial score (nSPS) is 21.1. The van der Waals surface area contributed by atoms with Crippen molar-refractivity contribution >= 4 is 11.2 Å². The van der Waals surface area contributed by atoms with Gasteiger partial charge in [0, 0.05) is 55.7 Å². The highest BCUT2D eigenvalue weighted by Gasteiger charge is 2.26. The lowest BCUT2D eigenvalue weighted by molar-refractivity contribution is 0.122. The molecule has 26 heavy (non-hydrogen) atoms. The largest absolute Gasteiger partial charge is 0.378 e. The van der Waals surface area contributed by atoms with E-state index in [1.54, 1.807) is 0 Å². The molecule has 2 aromatic heterocycles. The van der Waals surface area contributed by atoms with Gasteiger partial charge in [-0.05, 0) is 54.1 Å². The highest BCUT2D eigenvalue weighted by Crippen LogP contribution is 2.35. The van der Waals surface area contributed by atoms with Crippen LogP contribution in [-0.2, 0) is 11.3 Å². The van der Waals surface area contributed by atoms with E-state index in [1.165, 1.54) is 27.9 Å². The van der Waals surface area contributed by atoms with Crippen LogP contribution in [-0.4, -0.2) is 49.2 Å². The number of pyridine rings is 1. The minimum atomic E-state index is 0.425. The number of aromatic nitrogens is 1. The maximum absolute atomic E-state index is 5.50. The molecule has 4 heteroatoms. The highest BCUT2D eigenvalue weighted by molar-refractivity contribution is 5.55. The maximum Gasteiger partial charge on any atom is 0.0642 e. The number of ether oxygens (including phenoxy) is 1. The van der Waals surface area contributed by atoms with Crippen molar-refractivity contribution in [1.82, 2.24) is 9.30 Å². The van der Waals surface area contributed by atoms with E-state index in [-0.39, 0.29) is 0 Å². The topological polar surface area (TPSA) is 20.1 Å². The molecule has 0 amide bonds. The van der Waals surface area contributed by atoms with Crippen LogP contribution >= 0.6 is 0 Å². The number of anilines is 1. The van der Waals surface area contributed by atoms with E-state index in [2.05, 4.69) is 76.1 Å². The minimum absolute atomic E-state index is 0.425. The van der Waals surface area contributed by atoms with Crippen LogP contribution in [0.4, 0.5) is 5.69 Å². The molecular formula is C22H25N3O. The van der Waals surface area contributed by atoms with Gasteiger partial charge in [0.25, 0.3) is 0 Å². The van der Waals surface area contributed by atoms with Crippen molar-refractivity contribution in [3.63, 3.8) is 0 Å². The summed E-state index contributed by atoms with van der Waals surface area (Å²) < 4.78 is 7.73. The van der Waals surface area contributed by atoms with Crippen LogP contribution in [0.3, 0.4) is 0 Å². The molecule has 134 valence electrons. The van der Waals surface area contributed by atoms with Gasteiger partial charge in [-0.25, -0.2) is 0 Å². The molecule has 5 rings (SSSR count). The molecule has 0 bridgehead atoms. The van der Waals surface area contributed by atoms with Gasteiger partial charge in [-0.1, -0.05) is 12.1 Å². The predicted octanol–water partition coefficient (Wildman–Crippen LogP) is 3.35. The van der Waals surface area contributed by atoms with E-state index >= 15 is 0 Å². The van der Waals surface area contributed by atoms with E-state index in [1.807, 2.05) is 0 Å².